The molecule has 0 aromatic rings. The van der Waals surface area contributed by atoms with Gasteiger partial charge < -0.3 is 0 Å². The van der Waals surface area contributed by atoms with Gasteiger partial charge in [-0.25, -0.2) is 0 Å². The molecule has 2 aliphatic carbocycles. The maximum Gasteiger partial charge on any atom is -0.0329 e. The lowest BCUT2D eigenvalue weighted by molar-refractivity contribution is -0.00581. The van der Waals surface area contributed by atoms with E-state index in [1.165, 1.54) is 25.7 Å². The van der Waals surface area contributed by atoms with Crippen molar-refractivity contribution in [2.45, 2.75) is 112 Å². The van der Waals surface area contributed by atoms with Crippen molar-refractivity contribution in [1.82, 2.24) is 0 Å². The molecule has 0 N–H and O–H groups in total. The van der Waals surface area contributed by atoms with Crippen LogP contribution in [0.25, 0.3) is 0 Å². The minimum atomic E-state index is 0. The third-order valence-electron chi connectivity index (χ3n) is 6.17. The summed E-state index contributed by atoms with van der Waals surface area (Å²) in [7, 11) is 0. The molecule has 0 spiro atoms. The first kappa shape index (κ1) is 35.2. The van der Waals surface area contributed by atoms with Crippen molar-refractivity contribution in [3.8, 4) is 0 Å². The van der Waals surface area contributed by atoms with Crippen LogP contribution in [0.5, 0.6) is 0 Å². The van der Waals surface area contributed by atoms with Crippen LogP contribution in [0.15, 0.2) is 0 Å². The van der Waals surface area contributed by atoms with Gasteiger partial charge >= 0.3 is 0 Å². The first-order valence-electron chi connectivity index (χ1n) is 8.40. The van der Waals surface area contributed by atoms with Crippen molar-refractivity contribution in [1.29, 1.82) is 0 Å². The van der Waals surface area contributed by atoms with Crippen molar-refractivity contribution in [3.63, 3.8) is 0 Å². The van der Waals surface area contributed by atoms with Crippen LogP contribution in [-0.4, -0.2) is 0 Å². The van der Waals surface area contributed by atoms with Gasteiger partial charge in [0.25, 0.3) is 0 Å². The van der Waals surface area contributed by atoms with Crippen molar-refractivity contribution in [3.05, 3.63) is 0 Å². The Morgan fingerprint density at radius 1 is 0.375 bits per heavy atom. The van der Waals surface area contributed by atoms with Gasteiger partial charge in [-0.2, -0.15) is 0 Å². The van der Waals surface area contributed by atoms with E-state index in [0.29, 0.717) is 0 Å². The summed E-state index contributed by atoms with van der Waals surface area (Å²) in [6.45, 7) is 15.1. The van der Waals surface area contributed by atoms with Crippen LogP contribution in [0.4, 0.5) is 0 Å². The van der Waals surface area contributed by atoms with Gasteiger partial charge in [0.2, 0.25) is 0 Å². The highest BCUT2D eigenvalue weighted by Crippen LogP contribution is 2.50. The van der Waals surface area contributed by atoms with Gasteiger partial charge in [-0.15, -0.1) is 0 Å². The van der Waals surface area contributed by atoms with Crippen LogP contribution < -0.4 is 0 Å². The largest absolute Gasteiger partial charge is 0.0776 e. The Morgan fingerprint density at radius 2 is 0.542 bits per heavy atom. The highest BCUT2D eigenvalue weighted by Gasteiger charge is 2.43. The molecule has 0 radical (unpaired) electrons. The first-order chi connectivity index (χ1) is 8.40. The summed E-state index contributed by atoms with van der Waals surface area (Å²) >= 11 is 0. The Labute approximate surface area is 159 Å². The molecule has 0 nitrogen and oxygen atoms in total. The third kappa shape index (κ3) is 7.49. The van der Waals surface area contributed by atoms with Crippen LogP contribution in [0.1, 0.15) is 112 Å². The molecule has 0 amide bonds. The van der Waals surface area contributed by atoms with E-state index in [0.717, 1.165) is 47.3 Å². The Hall–Kier alpha value is 0. The lowest BCUT2D eigenvalue weighted by Crippen LogP contribution is -2.42. The molecule has 4 atom stereocenters. The molecule has 0 aliphatic heterocycles. The second-order valence-corrected chi connectivity index (χ2v) is 8.22. The van der Waals surface area contributed by atoms with E-state index in [4.69, 9.17) is 0 Å². The van der Waals surface area contributed by atoms with Crippen LogP contribution in [0.3, 0.4) is 0 Å². The molecular weight excluding hydrogens is 288 g/mol. The summed E-state index contributed by atoms with van der Waals surface area (Å²) in [5.41, 5.74) is 0. The molecule has 4 unspecified atom stereocenters. The van der Waals surface area contributed by atoms with Gasteiger partial charge in [0.1, 0.15) is 0 Å². The van der Waals surface area contributed by atoms with E-state index >= 15 is 0 Å². The zero-order valence-electron chi connectivity index (χ0n) is 13.4. The Bertz CT molecular complexity index is 217. The predicted octanol–water partition coefficient (Wildman–Crippen LogP) is 9.44. The van der Waals surface area contributed by atoms with E-state index in [1.54, 1.807) is 0 Å². The van der Waals surface area contributed by atoms with Crippen molar-refractivity contribution < 1.29 is 0 Å². The van der Waals surface area contributed by atoms with Gasteiger partial charge in [0.05, 0.1) is 0 Å². The second-order valence-electron chi connectivity index (χ2n) is 8.22. The number of hydrogen-bond donors (Lipinski definition) is 0. The first-order valence-corrected chi connectivity index (χ1v) is 8.40. The molecule has 2 rings (SSSR count). The predicted molar refractivity (Wildman–Crippen MR) is 121 cm³/mol. The Kier molecular flexibility index (Phi) is 20.8. The summed E-state index contributed by atoms with van der Waals surface area (Å²) in [5, 5.41) is 0. The summed E-state index contributed by atoms with van der Waals surface area (Å²) < 4.78 is 0. The molecule has 0 aromatic carbocycles. The topological polar surface area (TPSA) is 0 Å². The van der Waals surface area contributed by atoms with Crippen LogP contribution >= 0.6 is 0 Å². The monoisotopic (exact) mass is 346 g/mol. The summed E-state index contributed by atoms with van der Waals surface area (Å²) in [6, 6.07) is 0. The molecule has 2 saturated carbocycles. The SMILES string of the molecule is C.C.C.C.C.C.CC1CC(C)C(C2C(C)CC(C)CC2C)C(C)C1. The molecule has 0 bridgehead atoms. The van der Waals surface area contributed by atoms with Crippen LogP contribution in [0, 0.1) is 47.3 Å². The average molecular weight is 347 g/mol. The smallest absolute Gasteiger partial charge is 0.0329 e. The molecule has 2 fully saturated rings. The van der Waals surface area contributed by atoms with E-state index in [9.17, 15) is 0 Å². The van der Waals surface area contributed by atoms with Crippen molar-refractivity contribution >= 4 is 0 Å². The van der Waals surface area contributed by atoms with Crippen LogP contribution in [0.2, 0.25) is 0 Å². The summed E-state index contributed by atoms with van der Waals surface area (Å²) in [6.07, 6.45) is 5.89. The number of rotatable bonds is 1. The fraction of sp³-hybridized carbons (Fsp3) is 1.00. The molecule has 154 valence electrons. The molecule has 0 aromatic heterocycles. The lowest BCUT2D eigenvalue weighted by atomic mass is 9.56. The van der Waals surface area contributed by atoms with Crippen LogP contribution in [-0.2, 0) is 0 Å². The van der Waals surface area contributed by atoms with Crippen molar-refractivity contribution in [2.75, 3.05) is 0 Å². The molecular formula is C24H58. The maximum atomic E-state index is 2.54. The fourth-order valence-corrected chi connectivity index (χ4v) is 6.00. The van der Waals surface area contributed by atoms with Gasteiger partial charge in [-0.1, -0.05) is 86.1 Å². The molecule has 0 saturated heterocycles. The van der Waals surface area contributed by atoms with Gasteiger partial charge in [-0.05, 0) is 73.0 Å². The minimum absolute atomic E-state index is 0. The average Bonchev–Trinajstić information content (AvgIpc) is 2.20. The van der Waals surface area contributed by atoms with E-state index in [-0.39, 0.29) is 44.6 Å². The van der Waals surface area contributed by atoms with Crippen molar-refractivity contribution in [2.24, 2.45) is 47.3 Å². The molecule has 0 heteroatoms. The molecule has 24 heavy (non-hydrogen) atoms. The maximum absolute atomic E-state index is 2.54. The number of hydrogen-bond acceptors (Lipinski definition) is 0. The normalized spacial score (nSPS) is 40.8. The highest BCUT2D eigenvalue weighted by atomic mass is 14.5. The quantitative estimate of drug-likeness (QED) is 0.443. The fourth-order valence-electron chi connectivity index (χ4n) is 6.00. The summed E-state index contributed by atoms with van der Waals surface area (Å²) in [5.74, 6) is 7.72. The van der Waals surface area contributed by atoms with Gasteiger partial charge in [0.15, 0.2) is 0 Å². The zero-order chi connectivity index (χ0) is 13.4. The van der Waals surface area contributed by atoms with Gasteiger partial charge in [-0.3, -0.25) is 0 Å². The minimum Gasteiger partial charge on any atom is -0.0776 e. The highest BCUT2D eigenvalue weighted by molar-refractivity contribution is 4.92. The second kappa shape index (κ2) is 14.2. The Morgan fingerprint density at radius 3 is 0.708 bits per heavy atom. The zero-order valence-corrected chi connectivity index (χ0v) is 13.4. The molecule has 0 heterocycles. The molecule has 2 aliphatic rings. The Balaban J connectivity index is -0.000000201. The third-order valence-corrected chi connectivity index (χ3v) is 6.17. The van der Waals surface area contributed by atoms with E-state index in [1.807, 2.05) is 0 Å². The van der Waals surface area contributed by atoms with E-state index < -0.39 is 0 Å². The van der Waals surface area contributed by atoms with E-state index in [2.05, 4.69) is 41.5 Å². The standard InChI is InChI=1S/C18H34.6CH4/c1-11-7-13(3)17(14(4)8-11)18-15(5)9-12(2)10-16(18)6;;;;;;/h11-18H,7-10H2,1-6H3;6*1H4. The van der Waals surface area contributed by atoms with Gasteiger partial charge in [0, 0.05) is 0 Å². The summed E-state index contributed by atoms with van der Waals surface area (Å²) in [4.78, 5) is 0. The lowest BCUT2D eigenvalue weighted by Gasteiger charge is -2.50.